The summed E-state index contributed by atoms with van der Waals surface area (Å²) < 4.78 is 16.4. The molecule has 0 spiro atoms. The van der Waals surface area contributed by atoms with Crippen molar-refractivity contribution in [1.29, 1.82) is 0 Å². The number of nitrogens with zero attached hydrogens (tertiary/aromatic N) is 1. The Hall–Kier alpha value is -2.73. The van der Waals surface area contributed by atoms with E-state index in [2.05, 4.69) is 16.3 Å². The second-order valence-electron chi connectivity index (χ2n) is 6.83. The van der Waals surface area contributed by atoms with E-state index in [1.807, 2.05) is 49.4 Å². The summed E-state index contributed by atoms with van der Waals surface area (Å²) in [5.41, 5.74) is 3.25. The van der Waals surface area contributed by atoms with E-state index in [-0.39, 0.29) is 5.97 Å². The SMILES string of the molecule is CCOC(=O)C(Cc1ccc(NCCN2CCOc3ccccc32)cc1)OCC. The first-order valence-electron chi connectivity index (χ1n) is 10.3. The van der Waals surface area contributed by atoms with Gasteiger partial charge in [0.25, 0.3) is 0 Å². The highest BCUT2D eigenvalue weighted by molar-refractivity contribution is 5.75. The summed E-state index contributed by atoms with van der Waals surface area (Å²) in [5.74, 6) is 0.649. The lowest BCUT2D eigenvalue weighted by molar-refractivity contribution is -0.156. The van der Waals surface area contributed by atoms with Crippen LogP contribution in [0.25, 0.3) is 0 Å². The summed E-state index contributed by atoms with van der Waals surface area (Å²) >= 11 is 0. The predicted molar refractivity (Wildman–Crippen MR) is 115 cm³/mol. The summed E-state index contributed by atoms with van der Waals surface area (Å²) in [7, 11) is 0. The van der Waals surface area contributed by atoms with Gasteiger partial charge in [-0.15, -0.1) is 0 Å². The van der Waals surface area contributed by atoms with Crippen molar-refractivity contribution in [3.8, 4) is 5.75 Å². The summed E-state index contributed by atoms with van der Waals surface area (Å²) in [6.07, 6.45) is -0.0440. The largest absolute Gasteiger partial charge is 0.490 e. The van der Waals surface area contributed by atoms with E-state index in [0.29, 0.717) is 26.2 Å². The molecule has 1 N–H and O–H groups in total. The summed E-state index contributed by atoms with van der Waals surface area (Å²) in [5, 5.41) is 3.47. The Kier molecular flexibility index (Phi) is 7.76. The fourth-order valence-corrected chi connectivity index (χ4v) is 3.41. The lowest BCUT2D eigenvalue weighted by Gasteiger charge is -2.31. The lowest BCUT2D eigenvalue weighted by atomic mass is 10.1. The Bertz CT molecular complexity index is 779. The van der Waals surface area contributed by atoms with E-state index in [1.165, 1.54) is 0 Å². The third-order valence-corrected chi connectivity index (χ3v) is 4.83. The maximum atomic E-state index is 12.0. The van der Waals surface area contributed by atoms with E-state index in [4.69, 9.17) is 14.2 Å². The highest BCUT2D eigenvalue weighted by Crippen LogP contribution is 2.30. The van der Waals surface area contributed by atoms with Crippen LogP contribution in [0.4, 0.5) is 11.4 Å². The number of nitrogens with one attached hydrogen (secondary N) is 1. The number of fused-ring (bicyclic) bond motifs is 1. The van der Waals surface area contributed by atoms with Crippen molar-refractivity contribution < 1.29 is 19.0 Å². The second kappa shape index (κ2) is 10.7. The standard InChI is InChI=1S/C23H30N2O4/c1-3-27-22(23(26)28-4-2)17-18-9-11-19(12-10-18)24-13-14-25-15-16-29-21-8-6-5-7-20(21)25/h5-12,22,24H,3-4,13-17H2,1-2H3. The first-order valence-corrected chi connectivity index (χ1v) is 10.3. The van der Waals surface area contributed by atoms with Gasteiger partial charge >= 0.3 is 5.97 Å². The number of hydrogen-bond acceptors (Lipinski definition) is 6. The van der Waals surface area contributed by atoms with Crippen molar-refractivity contribution in [3.63, 3.8) is 0 Å². The number of para-hydroxylation sites is 2. The maximum absolute atomic E-state index is 12.0. The van der Waals surface area contributed by atoms with Crippen molar-refractivity contribution >= 4 is 17.3 Å². The number of rotatable bonds is 10. The molecule has 0 radical (unpaired) electrons. The molecule has 3 rings (SSSR count). The van der Waals surface area contributed by atoms with Crippen molar-refractivity contribution in [2.75, 3.05) is 49.7 Å². The molecule has 0 saturated heterocycles. The van der Waals surface area contributed by atoms with Crippen LogP contribution in [-0.2, 0) is 20.7 Å². The monoisotopic (exact) mass is 398 g/mol. The van der Waals surface area contributed by atoms with Crippen LogP contribution in [0.15, 0.2) is 48.5 Å². The molecule has 2 aromatic rings. The summed E-state index contributed by atoms with van der Waals surface area (Å²) in [4.78, 5) is 14.4. The second-order valence-corrected chi connectivity index (χ2v) is 6.83. The van der Waals surface area contributed by atoms with Gasteiger partial charge in [0.05, 0.1) is 18.8 Å². The van der Waals surface area contributed by atoms with Crippen molar-refractivity contribution in [1.82, 2.24) is 0 Å². The normalized spacial score (nSPS) is 13.9. The van der Waals surface area contributed by atoms with E-state index < -0.39 is 6.10 Å². The molecule has 6 nitrogen and oxygen atoms in total. The minimum atomic E-state index is -0.555. The molecule has 6 heteroatoms. The Morgan fingerprint density at radius 1 is 1.14 bits per heavy atom. The number of hydrogen-bond donors (Lipinski definition) is 1. The van der Waals surface area contributed by atoms with Crippen LogP contribution in [0, 0.1) is 0 Å². The molecule has 1 heterocycles. The Balaban J connectivity index is 1.50. The molecular formula is C23H30N2O4. The molecule has 1 unspecified atom stereocenters. The van der Waals surface area contributed by atoms with Crippen LogP contribution in [0.2, 0.25) is 0 Å². The highest BCUT2D eigenvalue weighted by Gasteiger charge is 2.20. The van der Waals surface area contributed by atoms with Gasteiger partial charge in [-0.2, -0.15) is 0 Å². The van der Waals surface area contributed by atoms with E-state index in [0.717, 1.165) is 42.3 Å². The van der Waals surface area contributed by atoms with Crippen LogP contribution in [0.5, 0.6) is 5.75 Å². The Labute approximate surface area is 172 Å². The predicted octanol–water partition coefficient (Wildman–Crippen LogP) is 3.51. The van der Waals surface area contributed by atoms with Gasteiger partial charge in [-0.25, -0.2) is 4.79 Å². The molecule has 1 atom stereocenters. The number of esters is 1. The van der Waals surface area contributed by atoms with Crippen LogP contribution in [0.1, 0.15) is 19.4 Å². The molecule has 1 aliphatic rings. The molecule has 0 aliphatic carbocycles. The van der Waals surface area contributed by atoms with Crippen LogP contribution < -0.4 is 15.0 Å². The number of anilines is 2. The highest BCUT2D eigenvalue weighted by atomic mass is 16.6. The third kappa shape index (κ3) is 5.87. The average molecular weight is 399 g/mol. The van der Waals surface area contributed by atoms with Crippen LogP contribution in [0.3, 0.4) is 0 Å². The average Bonchev–Trinajstić information content (AvgIpc) is 2.75. The van der Waals surface area contributed by atoms with Gasteiger partial charge in [0.15, 0.2) is 6.10 Å². The molecule has 156 valence electrons. The zero-order valence-electron chi connectivity index (χ0n) is 17.2. The molecule has 1 aliphatic heterocycles. The zero-order valence-corrected chi connectivity index (χ0v) is 17.2. The fraction of sp³-hybridized carbons (Fsp3) is 0.435. The van der Waals surface area contributed by atoms with Crippen molar-refractivity contribution in [2.24, 2.45) is 0 Å². The lowest BCUT2D eigenvalue weighted by Crippen LogP contribution is -2.36. The third-order valence-electron chi connectivity index (χ3n) is 4.83. The topological polar surface area (TPSA) is 60.0 Å². The van der Waals surface area contributed by atoms with E-state index >= 15 is 0 Å². The van der Waals surface area contributed by atoms with Gasteiger partial charge in [0.2, 0.25) is 0 Å². The first kappa shape index (κ1) is 21.0. The number of benzene rings is 2. The van der Waals surface area contributed by atoms with Gasteiger partial charge in [-0.1, -0.05) is 24.3 Å². The van der Waals surface area contributed by atoms with Crippen LogP contribution >= 0.6 is 0 Å². The van der Waals surface area contributed by atoms with Crippen molar-refractivity contribution in [3.05, 3.63) is 54.1 Å². The smallest absolute Gasteiger partial charge is 0.335 e. The summed E-state index contributed by atoms with van der Waals surface area (Å²) in [6.45, 7) is 7.86. The van der Waals surface area contributed by atoms with Crippen LogP contribution in [-0.4, -0.2) is 51.5 Å². The van der Waals surface area contributed by atoms with Gasteiger partial charge in [0, 0.05) is 31.8 Å². The molecule has 0 saturated carbocycles. The quantitative estimate of drug-likeness (QED) is 0.618. The van der Waals surface area contributed by atoms with E-state index in [1.54, 1.807) is 6.92 Å². The maximum Gasteiger partial charge on any atom is 0.335 e. The molecule has 0 fully saturated rings. The first-order chi connectivity index (χ1) is 14.2. The molecule has 0 bridgehead atoms. The van der Waals surface area contributed by atoms with Gasteiger partial charge < -0.3 is 24.4 Å². The molecule has 0 amide bonds. The fourth-order valence-electron chi connectivity index (χ4n) is 3.41. The molecule has 29 heavy (non-hydrogen) atoms. The number of ether oxygens (including phenoxy) is 3. The van der Waals surface area contributed by atoms with Crippen molar-refractivity contribution in [2.45, 2.75) is 26.4 Å². The summed E-state index contributed by atoms with van der Waals surface area (Å²) in [6, 6.07) is 16.3. The zero-order chi connectivity index (χ0) is 20.5. The molecular weight excluding hydrogens is 368 g/mol. The van der Waals surface area contributed by atoms with Gasteiger partial charge in [0.1, 0.15) is 12.4 Å². The van der Waals surface area contributed by atoms with Gasteiger partial charge in [-0.05, 0) is 43.7 Å². The van der Waals surface area contributed by atoms with E-state index in [9.17, 15) is 4.79 Å². The minimum absolute atomic E-state index is 0.303. The number of carbonyl (C=O) groups is 1. The molecule has 2 aromatic carbocycles. The Morgan fingerprint density at radius 3 is 2.69 bits per heavy atom. The molecule has 0 aromatic heterocycles. The minimum Gasteiger partial charge on any atom is -0.490 e. The Morgan fingerprint density at radius 2 is 1.93 bits per heavy atom. The number of carbonyl (C=O) groups excluding carboxylic acids is 1. The van der Waals surface area contributed by atoms with Gasteiger partial charge in [-0.3, -0.25) is 0 Å².